The lowest BCUT2D eigenvalue weighted by Gasteiger charge is -2.24. The average Bonchev–Trinajstić information content (AvgIpc) is 2.86. The van der Waals surface area contributed by atoms with Gasteiger partial charge in [-0.05, 0) is 12.8 Å². The lowest BCUT2D eigenvalue weighted by Crippen LogP contribution is -2.24. The number of aromatic nitrogens is 1. The van der Waals surface area contributed by atoms with Crippen molar-refractivity contribution in [1.82, 2.24) is 10.1 Å². The van der Waals surface area contributed by atoms with E-state index < -0.39 is 6.10 Å². The Hall–Kier alpha value is -1.40. The van der Waals surface area contributed by atoms with E-state index in [0.717, 1.165) is 17.8 Å². The maximum absolute atomic E-state index is 11.0. The second-order valence-corrected chi connectivity index (χ2v) is 6.04. The Morgan fingerprint density at radius 3 is 2.95 bits per heavy atom. The van der Waals surface area contributed by atoms with E-state index in [-0.39, 0.29) is 18.2 Å². The van der Waals surface area contributed by atoms with E-state index in [1.807, 2.05) is 0 Å². The standard InChI is InChI=1S/C14H21N3O3/c15-13(19)4-10-5-17(7-12(10)18)6-11-8-20-16-14(11)9-2-1-3-9/h8-10,12,18H,1-7H2,(H2,15,19)/t10-,12-/m1/s1. The zero-order chi connectivity index (χ0) is 14.1. The molecule has 1 aliphatic heterocycles. The molecular weight excluding hydrogens is 258 g/mol. The molecule has 0 spiro atoms. The van der Waals surface area contributed by atoms with Crippen molar-refractivity contribution in [2.75, 3.05) is 13.1 Å². The van der Waals surface area contributed by atoms with Crippen LogP contribution >= 0.6 is 0 Å². The number of primary amides is 1. The Morgan fingerprint density at radius 1 is 1.50 bits per heavy atom. The summed E-state index contributed by atoms with van der Waals surface area (Å²) in [4.78, 5) is 13.1. The lowest BCUT2D eigenvalue weighted by molar-refractivity contribution is -0.119. The number of hydrogen-bond donors (Lipinski definition) is 2. The quantitative estimate of drug-likeness (QED) is 0.824. The Morgan fingerprint density at radius 2 is 2.30 bits per heavy atom. The molecule has 0 radical (unpaired) electrons. The molecule has 20 heavy (non-hydrogen) atoms. The molecule has 6 heteroatoms. The van der Waals surface area contributed by atoms with Crippen molar-refractivity contribution in [3.8, 4) is 0 Å². The highest BCUT2D eigenvalue weighted by Crippen LogP contribution is 2.37. The Kier molecular flexibility index (Phi) is 3.76. The number of β-amino-alcohol motifs (C(OH)–C–C–N with tert-alkyl or cyclic N) is 1. The van der Waals surface area contributed by atoms with Crippen LogP contribution in [-0.2, 0) is 11.3 Å². The fourth-order valence-corrected chi connectivity index (χ4v) is 3.17. The first-order valence-electron chi connectivity index (χ1n) is 7.25. The Balaban J connectivity index is 1.61. The highest BCUT2D eigenvalue weighted by molar-refractivity contribution is 5.74. The van der Waals surface area contributed by atoms with Crippen LogP contribution < -0.4 is 5.73 Å². The maximum Gasteiger partial charge on any atom is 0.217 e. The van der Waals surface area contributed by atoms with Gasteiger partial charge in [0, 0.05) is 43.5 Å². The number of aliphatic hydroxyl groups excluding tert-OH is 1. The summed E-state index contributed by atoms with van der Waals surface area (Å²) in [7, 11) is 0. The second-order valence-electron chi connectivity index (χ2n) is 6.04. The van der Waals surface area contributed by atoms with Crippen LogP contribution in [0.2, 0.25) is 0 Å². The summed E-state index contributed by atoms with van der Waals surface area (Å²) in [5.74, 6) is 0.133. The Bertz CT molecular complexity index is 484. The first kappa shape index (κ1) is 13.6. The zero-order valence-corrected chi connectivity index (χ0v) is 11.5. The highest BCUT2D eigenvalue weighted by atomic mass is 16.5. The predicted octanol–water partition coefficient (Wildman–Crippen LogP) is 0.610. The molecule has 0 aromatic carbocycles. The first-order valence-corrected chi connectivity index (χ1v) is 7.25. The van der Waals surface area contributed by atoms with Crippen LogP contribution in [0.4, 0.5) is 0 Å². The van der Waals surface area contributed by atoms with Crippen molar-refractivity contribution in [3.05, 3.63) is 17.5 Å². The van der Waals surface area contributed by atoms with Gasteiger partial charge in [-0.1, -0.05) is 11.6 Å². The molecule has 3 N–H and O–H groups in total. The zero-order valence-electron chi connectivity index (χ0n) is 11.5. The number of likely N-dealkylation sites (tertiary alicyclic amines) is 1. The molecule has 6 nitrogen and oxygen atoms in total. The van der Waals surface area contributed by atoms with Crippen LogP contribution in [0.3, 0.4) is 0 Å². The van der Waals surface area contributed by atoms with Gasteiger partial charge in [0.15, 0.2) is 0 Å². The third kappa shape index (κ3) is 2.71. The third-order valence-electron chi connectivity index (χ3n) is 4.51. The minimum Gasteiger partial charge on any atom is -0.391 e. The molecular formula is C14H21N3O3. The molecule has 1 aromatic heterocycles. The molecule has 110 valence electrons. The van der Waals surface area contributed by atoms with Crippen LogP contribution in [0.1, 0.15) is 42.9 Å². The molecule has 1 saturated heterocycles. The van der Waals surface area contributed by atoms with Crippen molar-refractivity contribution in [1.29, 1.82) is 0 Å². The molecule has 1 aliphatic carbocycles. The van der Waals surface area contributed by atoms with E-state index in [2.05, 4.69) is 10.1 Å². The van der Waals surface area contributed by atoms with Gasteiger partial charge in [-0.3, -0.25) is 9.69 Å². The molecule has 3 rings (SSSR count). The van der Waals surface area contributed by atoms with Crippen molar-refractivity contribution < 1.29 is 14.4 Å². The summed E-state index contributed by atoms with van der Waals surface area (Å²) in [6, 6.07) is 0. The van der Waals surface area contributed by atoms with E-state index in [9.17, 15) is 9.90 Å². The number of amides is 1. The molecule has 1 aromatic rings. The molecule has 1 amide bonds. The fourth-order valence-electron chi connectivity index (χ4n) is 3.17. The lowest BCUT2D eigenvalue weighted by atomic mass is 9.81. The van der Waals surface area contributed by atoms with Crippen molar-refractivity contribution in [2.45, 2.75) is 44.2 Å². The number of hydrogen-bond acceptors (Lipinski definition) is 5. The fraction of sp³-hybridized carbons (Fsp3) is 0.714. The van der Waals surface area contributed by atoms with E-state index >= 15 is 0 Å². The van der Waals surface area contributed by atoms with Crippen LogP contribution in [0.5, 0.6) is 0 Å². The van der Waals surface area contributed by atoms with E-state index in [1.165, 1.54) is 19.3 Å². The molecule has 1 saturated carbocycles. The number of nitrogens with zero attached hydrogens (tertiary/aromatic N) is 2. The highest BCUT2D eigenvalue weighted by Gasteiger charge is 2.33. The van der Waals surface area contributed by atoms with Gasteiger partial charge in [-0.15, -0.1) is 0 Å². The molecule has 2 aliphatic rings. The summed E-state index contributed by atoms with van der Waals surface area (Å²) < 4.78 is 5.12. The van der Waals surface area contributed by atoms with E-state index in [4.69, 9.17) is 10.3 Å². The van der Waals surface area contributed by atoms with Crippen molar-refractivity contribution in [3.63, 3.8) is 0 Å². The third-order valence-corrected chi connectivity index (χ3v) is 4.51. The minimum absolute atomic E-state index is 0.0560. The summed E-state index contributed by atoms with van der Waals surface area (Å²) in [6.45, 7) is 1.99. The molecule has 2 atom stereocenters. The number of nitrogens with two attached hydrogens (primary N) is 1. The second kappa shape index (κ2) is 5.54. The van der Waals surface area contributed by atoms with Gasteiger partial charge in [0.05, 0.1) is 11.8 Å². The normalized spacial score (nSPS) is 27.6. The van der Waals surface area contributed by atoms with Gasteiger partial charge < -0.3 is 15.4 Å². The molecule has 0 bridgehead atoms. The number of carbonyl (C=O) groups excluding carboxylic acids is 1. The van der Waals surface area contributed by atoms with Gasteiger partial charge >= 0.3 is 0 Å². The predicted molar refractivity (Wildman–Crippen MR) is 71.7 cm³/mol. The summed E-state index contributed by atoms with van der Waals surface area (Å²) in [6.07, 6.45) is 5.12. The maximum atomic E-state index is 11.0. The topological polar surface area (TPSA) is 92.6 Å². The number of aliphatic hydroxyl groups is 1. The van der Waals surface area contributed by atoms with Crippen molar-refractivity contribution >= 4 is 5.91 Å². The van der Waals surface area contributed by atoms with Crippen LogP contribution in [0.25, 0.3) is 0 Å². The largest absolute Gasteiger partial charge is 0.391 e. The van der Waals surface area contributed by atoms with Gasteiger partial charge in [0.25, 0.3) is 0 Å². The van der Waals surface area contributed by atoms with Gasteiger partial charge in [0.1, 0.15) is 6.26 Å². The smallest absolute Gasteiger partial charge is 0.217 e. The number of carbonyl (C=O) groups is 1. The van der Waals surface area contributed by atoms with Gasteiger partial charge in [-0.25, -0.2) is 0 Å². The number of rotatable bonds is 5. The Labute approximate surface area is 117 Å². The molecule has 2 fully saturated rings. The van der Waals surface area contributed by atoms with Crippen LogP contribution in [0.15, 0.2) is 10.8 Å². The SMILES string of the molecule is NC(=O)C[C@@H]1CN(Cc2conc2C2CCC2)C[C@H]1O. The minimum atomic E-state index is -0.477. The summed E-state index contributed by atoms with van der Waals surface area (Å²) in [5, 5.41) is 14.1. The molecule has 0 unspecified atom stereocenters. The van der Waals surface area contributed by atoms with Gasteiger partial charge in [0.2, 0.25) is 5.91 Å². The molecule has 2 heterocycles. The monoisotopic (exact) mass is 279 g/mol. The summed E-state index contributed by atoms with van der Waals surface area (Å²) >= 11 is 0. The van der Waals surface area contributed by atoms with Crippen molar-refractivity contribution in [2.24, 2.45) is 11.7 Å². The average molecular weight is 279 g/mol. The first-order chi connectivity index (χ1) is 9.63. The van der Waals surface area contributed by atoms with Crippen LogP contribution in [-0.4, -0.2) is 40.3 Å². The van der Waals surface area contributed by atoms with Gasteiger partial charge in [-0.2, -0.15) is 0 Å². The van der Waals surface area contributed by atoms with E-state index in [0.29, 0.717) is 19.0 Å². The van der Waals surface area contributed by atoms with E-state index in [1.54, 1.807) is 6.26 Å². The summed E-state index contributed by atoms with van der Waals surface area (Å²) in [5.41, 5.74) is 7.40. The van der Waals surface area contributed by atoms with Crippen LogP contribution in [0, 0.1) is 5.92 Å².